The summed E-state index contributed by atoms with van der Waals surface area (Å²) in [6, 6.07) is 11.4. The third-order valence-corrected chi connectivity index (χ3v) is 5.69. The maximum atomic E-state index is 12.7. The van der Waals surface area contributed by atoms with Crippen molar-refractivity contribution in [3.05, 3.63) is 70.9 Å². The molecule has 3 aromatic rings. The molecule has 0 bridgehead atoms. The molecule has 0 aliphatic carbocycles. The van der Waals surface area contributed by atoms with E-state index in [0.717, 1.165) is 28.5 Å². The lowest BCUT2D eigenvalue weighted by Crippen LogP contribution is -2.33. The van der Waals surface area contributed by atoms with Crippen molar-refractivity contribution in [1.82, 2.24) is 9.88 Å². The number of hydrogen-bond acceptors (Lipinski definition) is 3. The molecule has 1 aliphatic heterocycles. The number of ether oxygens (including phenoxy) is 2. The summed E-state index contributed by atoms with van der Waals surface area (Å²) in [7, 11) is 3.22. The van der Waals surface area contributed by atoms with Gasteiger partial charge in [0.1, 0.15) is 11.5 Å². The first kappa shape index (κ1) is 20.1. The van der Waals surface area contributed by atoms with E-state index in [4.69, 9.17) is 21.1 Å². The Kier molecular flexibility index (Phi) is 5.81. The molecule has 0 radical (unpaired) electrons. The van der Waals surface area contributed by atoms with Crippen LogP contribution in [0.15, 0.2) is 54.7 Å². The normalized spacial score (nSPS) is 14.2. The second-order valence-electron chi connectivity index (χ2n) is 7.07. The summed E-state index contributed by atoms with van der Waals surface area (Å²) >= 11 is 6.27. The van der Waals surface area contributed by atoms with Crippen molar-refractivity contribution in [2.24, 2.45) is 0 Å². The summed E-state index contributed by atoms with van der Waals surface area (Å²) in [4.78, 5) is 17.8. The molecule has 5 nitrogen and oxygen atoms in total. The van der Waals surface area contributed by atoms with E-state index >= 15 is 0 Å². The number of nitrogens with one attached hydrogen (secondary N) is 1. The number of nitrogens with zero attached hydrogens (tertiary/aromatic N) is 1. The van der Waals surface area contributed by atoms with Crippen LogP contribution in [0.25, 0.3) is 22.6 Å². The van der Waals surface area contributed by atoms with E-state index in [1.165, 1.54) is 5.57 Å². The molecule has 0 saturated carbocycles. The third-order valence-electron chi connectivity index (χ3n) is 5.37. The molecule has 0 spiro atoms. The van der Waals surface area contributed by atoms with Crippen molar-refractivity contribution in [3.8, 4) is 11.5 Å². The molecular formula is C24H23ClN2O3. The van der Waals surface area contributed by atoms with Crippen LogP contribution in [-0.4, -0.2) is 43.1 Å². The molecule has 2 aromatic carbocycles. The number of benzene rings is 2. The molecule has 30 heavy (non-hydrogen) atoms. The number of amides is 1. The number of hydrogen-bond donors (Lipinski definition) is 1. The fourth-order valence-electron chi connectivity index (χ4n) is 3.73. The van der Waals surface area contributed by atoms with Gasteiger partial charge in [0, 0.05) is 41.9 Å². The molecule has 1 amide bonds. The van der Waals surface area contributed by atoms with Gasteiger partial charge in [-0.2, -0.15) is 0 Å². The number of rotatable bonds is 5. The number of carbonyl (C=O) groups is 1. The lowest BCUT2D eigenvalue weighted by molar-refractivity contribution is -0.125. The van der Waals surface area contributed by atoms with Gasteiger partial charge in [-0.25, -0.2) is 0 Å². The zero-order chi connectivity index (χ0) is 21.1. The zero-order valence-electron chi connectivity index (χ0n) is 16.9. The van der Waals surface area contributed by atoms with Crippen molar-refractivity contribution < 1.29 is 14.3 Å². The Hall–Kier alpha value is -3.18. The fourth-order valence-corrected chi connectivity index (χ4v) is 3.96. The van der Waals surface area contributed by atoms with Crippen molar-refractivity contribution in [2.45, 2.75) is 6.42 Å². The van der Waals surface area contributed by atoms with Crippen LogP contribution in [-0.2, 0) is 4.79 Å². The van der Waals surface area contributed by atoms with Gasteiger partial charge in [-0.15, -0.1) is 0 Å². The van der Waals surface area contributed by atoms with Crippen LogP contribution in [0.5, 0.6) is 11.5 Å². The molecule has 154 valence electrons. The topological polar surface area (TPSA) is 54.6 Å². The summed E-state index contributed by atoms with van der Waals surface area (Å²) < 4.78 is 10.6. The van der Waals surface area contributed by atoms with E-state index in [9.17, 15) is 4.79 Å². The van der Waals surface area contributed by atoms with E-state index in [-0.39, 0.29) is 5.91 Å². The molecule has 1 aliphatic rings. The first-order valence-corrected chi connectivity index (χ1v) is 10.1. The van der Waals surface area contributed by atoms with Crippen molar-refractivity contribution in [3.63, 3.8) is 0 Å². The number of methoxy groups -OCH3 is 2. The summed E-state index contributed by atoms with van der Waals surface area (Å²) in [5, 5.41) is 1.82. The molecule has 2 heterocycles. The van der Waals surface area contributed by atoms with Crippen molar-refractivity contribution in [1.29, 1.82) is 0 Å². The number of H-pyrrole nitrogens is 1. The zero-order valence-corrected chi connectivity index (χ0v) is 17.7. The van der Waals surface area contributed by atoms with Crippen LogP contribution in [0.3, 0.4) is 0 Å². The highest BCUT2D eigenvalue weighted by Crippen LogP contribution is 2.32. The van der Waals surface area contributed by atoms with Gasteiger partial charge in [0.2, 0.25) is 5.91 Å². The average molecular weight is 423 g/mol. The van der Waals surface area contributed by atoms with Gasteiger partial charge in [0.25, 0.3) is 0 Å². The van der Waals surface area contributed by atoms with Gasteiger partial charge in [0.15, 0.2) is 0 Å². The van der Waals surface area contributed by atoms with Crippen LogP contribution in [0.4, 0.5) is 0 Å². The Labute approximate surface area is 180 Å². The molecule has 1 aromatic heterocycles. The number of fused-ring (bicyclic) bond motifs is 1. The highest BCUT2D eigenvalue weighted by molar-refractivity contribution is 6.35. The predicted molar refractivity (Wildman–Crippen MR) is 121 cm³/mol. The molecule has 1 N–H and O–H groups in total. The highest BCUT2D eigenvalue weighted by atomic mass is 35.5. The van der Waals surface area contributed by atoms with Gasteiger partial charge >= 0.3 is 0 Å². The lowest BCUT2D eigenvalue weighted by Gasteiger charge is -2.25. The predicted octanol–water partition coefficient (Wildman–Crippen LogP) is 5.17. The minimum Gasteiger partial charge on any atom is -0.497 e. The standard InChI is InChI=1S/C24H23ClN2O3/c1-29-18-7-8-22(30-2)17(14-18)6-9-23(28)27-12-10-16(11-13-27)20-15-26-24-19(20)4-3-5-21(24)25/h3-10,14-15,26H,11-13H2,1-2H3/b9-6+. The van der Waals surface area contributed by atoms with Crippen LogP contribution in [0.2, 0.25) is 5.02 Å². The Morgan fingerprint density at radius 1 is 1.20 bits per heavy atom. The summed E-state index contributed by atoms with van der Waals surface area (Å²) in [6.07, 6.45) is 8.26. The number of halogens is 1. The Morgan fingerprint density at radius 3 is 2.80 bits per heavy atom. The maximum absolute atomic E-state index is 12.7. The number of aromatic nitrogens is 1. The first-order chi connectivity index (χ1) is 14.6. The van der Waals surface area contributed by atoms with Gasteiger partial charge in [-0.1, -0.05) is 29.8 Å². The second kappa shape index (κ2) is 8.67. The van der Waals surface area contributed by atoms with E-state index in [1.807, 2.05) is 41.4 Å². The second-order valence-corrected chi connectivity index (χ2v) is 7.48. The van der Waals surface area contributed by atoms with Gasteiger partial charge in [0.05, 0.1) is 24.8 Å². The van der Waals surface area contributed by atoms with Crippen LogP contribution in [0, 0.1) is 0 Å². The molecule has 6 heteroatoms. The lowest BCUT2D eigenvalue weighted by atomic mass is 9.99. The summed E-state index contributed by atoms with van der Waals surface area (Å²) in [5.41, 5.74) is 4.13. The maximum Gasteiger partial charge on any atom is 0.246 e. The molecule has 0 saturated heterocycles. The SMILES string of the molecule is COc1ccc(OC)c(/C=C/C(=O)N2CC=C(c3c[nH]c4c(Cl)cccc34)CC2)c1. The van der Waals surface area contributed by atoms with Crippen LogP contribution in [0.1, 0.15) is 17.5 Å². The van der Waals surface area contributed by atoms with Gasteiger partial charge < -0.3 is 19.4 Å². The van der Waals surface area contributed by atoms with E-state index < -0.39 is 0 Å². The Morgan fingerprint density at radius 2 is 2.07 bits per heavy atom. The molecular weight excluding hydrogens is 400 g/mol. The quantitative estimate of drug-likeness (QED) is 0.577. The smallest absolute Gasteiger partial charge is 0.246 e. The number of para-hydroxylation sites is 1. The van der Waals surface area contributed by atoms with Crippen LogP contribution < -0.4 is 9.47 Å². The monoisotopic (exact) mass is 422 g/mol. The van der Waals surface area contributed by atoms with E-state index in [0.29, 0.717) is 29.6 Å². The highest BCUT2D eigenvalue weighted by Gasteiger charge is 2.18. The van der Waals surface area contributed by atoms with Crippen LogP contribution >= 0.6 is 11.6 Å². The molecule has 4 rings (SSSR count). The van der Waals surface area contributed by atoms with E-state index in [2.05, 4.69) is 17.1 Å². The first-order valence-electron chi connectivity index (χ1n) is 9.74. The summed E-state index contributed by atoms with van der Waals surface area (Å²) in [6.45, 7) is 1.23. The molecule has 0 unspecified atom stereocenters. The van der Waals surface area contributed by atoms with Gasteiger partial charge in [-0.05, 0) is 42.3 Å². The Bertz CT molecular complexity index is 1150. The summed E-state index contributed by atoms with van der Waals surface area (Å²) in [5.74, 6) is 1.38. The van der Waals surface area contributed by atoms with Gasteiger partial charge in [-0.3, -0.25) is 4.79 Å². The van der Waals surface area contributed by atoms with Crippen molar-refractivity contribution in [2.75, 3.05) is 27.3 Å². The number of aromatic amines is 1. The minimum atomic E-state index is -0.0304. The number of carbonyl (C=O) groups excluding carboxylic acids is 1. The average Bonchev–Trinajstić information content (AvgIpc) is 3.23. The largest absolute Gasteiger partial charge is 0.497 e. The molecule has 0 atom stereocenters. The van der Waals surface area contributed by atoms with Crippen molar-refractivity contribution >= 4 is 40.1 Å². The van der Waals surface area contributed by atoms with E-state index in [1.54, 1.807) is 26.4 Å². The Balaban J connectivity index is 1.48. The minimum absolute atomic E-state index is 0.0304. The fraction of sp³-hybridized carbons (Fsp3) is 0.208. The third kappa shape index (κ3) is 3.94. The molecule has 0 fully saturated rings.